The van der Waals surface area contributed by atoms with Crippen LogP contribution in [0.15, 0.2) is 4.52 Å². The molecule has 6 heteroatoms. The SMILES string of the molecule is CN(C)CC(N)c1noc(CC2CCSCC2)n1. The summed E-state index contributed by atoms with van der Waals surface area (Å²) in [4.78, 5) is 6.45. The Morgan fingerprint density at radius 3 is 2.83 bits per heavy atom. The van der Waals surface area contributed by atoms with Crippen LogP contribution in [0, 0.1) is 5.92 Å². The molecule has 1 aliphatic heterocycles. The van der Waals surface area contributed by atoms with Gasteiger partial charge in [-0.3, -0.25) is 0 Å². The van der Waals surface area contributed by atoms with Gasteiger partial charge in [0.25, 0.3) is 0 Å². The molecule has 0 saturated carbocycles. The van der Waals surface area contributed by atoms with Gasteiger partial charge in [0, 0.05) is 13.0 Å². The zero-order chi connectivity index (χ0) is 13.0. The highest BCUT2D eigenvalue weighted by molar-refractivity contribution is 7.99. The number of rotatable bonds is 5. The summed E-state index contributed by atoms with van der Waals surface area (Å²) >= 11 is 2.03. The Labute approximate surface area is 112 Å². The van der Waals surface area contributed by atoms with Gasteiger partial charge in [-0.15, -0.1) is 0 Å². The molecule has 102 valence electrons. The van der Waals surface area contributed by atoms with Crippen LogP contribution in [-0.4, -0.2) is 47.2 Å². The minimum atomic E-state index is -0.167. The van der Waals surface area contributed by atoms with Gasteiger partial charge < -0.3 is 15.2 Å². The average molecular weight is 270 g/mol. The Morgan fingerprint density at radius 1 is 1.44 bits per heavy atom. The van der Waals surface area contributed by atoms with Crippen molar-refractivity contribution < 1.29 is 4.52 Å². The molecule has 5 nitrogen and oxygen atoms in total. The Kier molecular flexibility index (Phi) is 5.03. The highest BCUT2D eigenvalue weighted by atomic mass is 32.2. The van der Waals surface area contributed by atoms with Crippen LogP contribution >= 0.6 is 11.8 Å². The first-order valence-corrected chi connectivity index (χ1v) is 7.61. The normalized spacial score (nSPS) is 19.3. The van der Waals surface area contributed by atoms with Crippen molar-refractivity contribution in [3.8, 4) is 0 Å². The molecule has 1 aliphatic rings. The lowest BCUT2D eigenvalue weighted by atomic mass is 9.99. The molecule has 1 atom stereocenters. The second-order valence-electron chi connectivity index (χ2n) is 5.17. The zero-order valence-electron chi connectivity index (χ0n) is 11.1. The molecule has 2 N–H and O–H groups in total. The third-order valence-corrected chi connectivity index (χ3v) is 4.23. The lowest BCUT2D eigenvalue weighted by Crippen LogP contribution is -2.26. The van der Waals surface area contributed by atoms with Crippen molar-refractivity contribution in [2.24, 2.45) is 11.7 Å². The van der Waals surface area contributed by atoms with Gasteiger partial charge in [-0.2, -0.15) is 16.7 Å². The van der Waals surface area contributed by atoms with Gasteiger partial charge in [-0.05, 0) is 44.4 Å². The van der Waals surface area contributed by atoms with Crippen LogP contribution in [0.3, 0.4) is 0 Å². The summed E-state index contributed by atoms with van der Waals surface area (Å²) < 4.78 is 5.30. The number of likely N-dealkylation sites (N-methyl/N-ethyl adjacent to an activating group) is 1. The van der Waals surface area contributed by atoms with E-state index in [2.05, 4.69) is 10.1 Å². The quantitative estimate of drug-likeness (QED) is 0.870. The molecule has 0 radical (unpaired) electrons. The van der Waals surface area contributed by atoms with Crippen molar-refractivity contribution >= 4 is 11.8 Å². The molecule has 1 aromatic rings. The number of aromatic nitrogens is 2. The van der Waals surface area contributed by atoms with Crippen LogP contribution in [-0.2, 0) is 6.42 Å². The second kappa shape index (κ2) is 6.54. The lowest BCUT2D eigenvalue weighted by Gasteiger charge is -2.19. The van der Waals surface area contributed by atoms with E-state index in [-0.39, 0.29) is 6.04 Å². The summed E-state index contributed by atoms with van der Waals surface area (Å²) in [7, 11) is 3.97. The molecule has 18 heavy (non-hydrogen) atoms. The van der Waals surface area contributed by atoms with Gasteiger partial charge in [0.1, 0.15) is 0 Å². The van der Waals surface area contributed by atoms with Gasteiger partial charge in [-0.1, -0.05) is 5.16 Å². The molecule has 1 unspecified atom stereocenters. The Bertz CT molecular complexity index is 363. The highest BCUT2D eigenvalue weighted by Crippen LogP contribution is 2.25. The van der Waals surface area contributed by atoms with E-state index in [0.717, 1.165) is 18.9 Å². The minimum Gasteiger partial charge on any atom is -0.339 e. The molecule has 1 fully saturated rings. The summed E-state index contributed by atoms with van der Waals surface area (Å²) in [6, 6.07) is -0.167. The first-order chi connectivity index (χ1) is 8.65. The molecule has 1 aromatic heterocycles. The van der Waals surface area contributed by atoms with Crippen molar-refractivity contribution in [3.05, 3.63) is 11.7 Å². The lowest BCUT2D eigenvalue weighted by molar-refractivity contribution is 0.331. The van der Waals surface area contributed by atoms with Crippen molar-refractivity contribution in [2.75, 3.05) is 32.1 Å². The Balaban J connectivity index is 1.88. The number of hydrogen-bond acceptors (Lipinski definition) is 6. The number of hydrogen-bond donors (Lipinski definition) is 1. The maximum Gasteiger partial charge on any atom is 0.226 e. The fourth-order valence-corrected chi connectivity index (χ4v) is 3.38. The van der Waals surface area contributed by atoms with Crippen LogP contribution in [0.2, 0.25) is 0 Å². The largest absolute Gasteiger partial charge is 0.339 e. The molecule has 0 aliphatic carbocycles. The third-order valence-electron chi connectivity index (χ3n) is 3.18. The van der Waals surface area contributed by atoms with Gasteiger partial charge in [0.05, 0.1) is 6.04 Å². The van der Waals surface area contributed by atoms with Crippen molar-refractivity contribution in [1.29, 1.82) is 0 Å². The summed E-state index contributed by atoms with van der Waals surface area (Å²) in [5.74, 6) is 4.59. The third kappa shape index (κ3) is 3.96. The van der Waals surface area contributed by atoms with Gasteiger partial charge >= 0.3 is 0 Å². The first kappa shape index (κ1) is 13.8. The maximum atomic E-state index is 6.01. The van der Waals surface area contributed by atoms with E-state index in [1.807, 2.05) is 30.8 Å². The van der Waals surface area contributed by atoms with Crippen LogP contribution in [0.4, 0.5) is 0 Å². The summed E-state index contributed by atoms with van der Waals surface area (Å²) in [5, 5.41) is 3.99. The van der Waals surface area contributed by atoms with Crippen molar-refractivity contribution in [2.45, 2.75) is 25.3 Å². The molecular formula is C12H22N4OS. The molecule has 0 bridgehead atoms. The maximum absolute atomic E-state index is 6.01. The topological polar surface area (TPSA) is 68.2 Å². The summed E-state index contributed by atoms with van der Waals surface area (Å²) in [6.07, 6.45) is 3.42. The van der Waals surface area contributed by atoms with Gasteiger partial charge in [0.15, 0.2) is 5.82 Å². The molecule has 0 aromatic carbocycles. The molecule has 2 rings (SSSR count). The Hall–Kier alpha value is -0.590. The Morgan fingerprint density at radius 2 is 2.17 bits per heavy atom. The summed E-state index contributed by atoms with van der Waals surface area (Å²) in [5.41, 5.74) is 6.01. The highest BCUT2D eigenvalue weighted by Gasteiger charge is 2.19. The molecule has 1 saturated heterocycles. The van der Waals surface area contributed by atoms with E-state index < -0.39 is 0 Å². The van der Waals surface area contributed by atoms with E-state index in [9.17, 15) is 0 Å². The van der Waals surface area contributed by atoms with Gasteiger partial charge in [0.2, 0.25) is 5.89 Å². The second-order valence-corrected chi connectivity index (χ2v) is 6.40. The van der Waals surface area contributed by atoms with Crippen LogP contribution in [0.1, 0.15) is 30.6 Å². The predicted octanol–water partition coefficient (Wildman–Crippen LogP) is 1.32. The molecule has 2 heterocycles. The molecule has 0 spiro atoms. The van der Waals surface area contributed by atoms with E-state index >= 15 is 0 Å². The fourth-order valence-electron chi connectivity index (χ4n) is 2.17. The number of thioether (sulfide) groups is 1. The van der Waals surface area contributed by atoms with E-state index in [1.165, 1.54) is 24.3 Å². The number of nitrogens with zero attached hydrogens (tertiary/aromatic N) is 3. The smallest absolute Gasteiger partial charge is 0.226 e. The van der Waals surface area contributed by atoms with E-state index in [4.69, 9.17) is 10.3 Å². The molecule has 0 amide bonds. The first-order valence-electron chi connectivity index (χ1n) is 6.45. The zero-order valence-corrected chi connectivity index (χ0v) is 11.9. The minimum absolute atomic E-state index is 0.167. The van der Waals surface area contributed by atoms with Crippen LogP contribution < -0.4 is 5.73 Å². The van der Waals surface area contributed by atoms with Crippen molar-refractivity contribution in [3.63, 3.8) is 0 Å². The fraction of sp³-hybridized carbons (Fsp3) is 0.833. The standard InChI is InChI=1S/C12H22N4OS/c1-16(2)8-10(13)12-14-11(17-15-12)7-9-3-5-18-6-4-9/h9-10H,3-8,13H2,1-2H3. The van der Waals surface area contributed by atoms with Crippen LogP contribution in [0.5, 0.6) is 0 Å². The summed E-state index contributed by atoms with van der Waals surface area (Å²) in [6.45, 7) is 0.735. The van der Waals surface area contributed by atoms with Crippen LogP contribution in [0.25, 0.3) is 0 Å². The monoisotopic (exact) mass is 270 g/mol. The van der Waals surface area contributed by atoms with Crippen molar-refractivity contribution in [1.82, 2.24) is 15.0 Å². The number of nitrogens with two attached hydrogens (primary N) is 1. The van der Waals surface area contributed by atoms with Gasteiger partial charge in [-0.25, -0.2) is 0 Å². The predicted molar refractivity (Wildman–Crippen MR) is 73.5 cm³/mol. The molecular weight excluding hydrogens is 248 g/mol. The van der Waals surface area contributed by atoms with E-state index in [0.29, 0.717) is 11.7 Å². The van der Waals surface area contributed by atoms with E-state index in [1.54, 1.807) is 0 Å². The average Bonchev–Trinajstić information content (AvgIpc) is 2.78.